The van der Waals surface area contributed by atoms with Crippen LogP contribution in [-0.4, -0.2) is 25.0 Å². The average Bonchev–Trinajstić information content (AvgIpc) is 2.80. The first-order valence-electron chi connectivity index (χ1n) is 9.52. The molecule has 0 aliphatic rings. The van der Waals surface area contributed by atoms with Gasteiger partial charge in [-0.2, -0.15) is 0 Å². The van der Waals surface area contributed by atoms with Gasteiger partial charge < -0.3 is 5.32 Å². The lowest BCUT2D eigenvalue weighted by Gasteiger charge is -2.13. The van der Waals surface area contributed by atoms with E-state index in [1.165, 1.54) is 22.9 Å². The third kappa shape index (κ3) is 4.40. The molecular formula is C22H18FN5O3. The quantitative estimate of drug-likeness (QED) is 0.510. The van der Waals surface area contributed by atoms with Crippen LogP contribution >= 0.6 is 0 Å². The molecule has 0 radical (unpaired) electrons. The lowest BCUT2D eigenvalue weighted by Crippen LogP contribution is -2.43. The summed E-state index contributed by atoms with van der Waals surface area (Å²) in [6, 6.07) is 14.1. The number of amides is 1. The summed E-state index contributed by atoms with van der Waals surface area (Å²) in [7, 11) is 0. The van der Waals surface area contributed by atoms with E-state index in [-0.39, 0.29) is 36.5 Å². The van der Waals surface area contributed by atoms with Gasteiger partial charge in [-0.05, 0) is 42.0 Å². The van der Waals surface area contributed by atoms with Crippen molar-refractivity contribution in [3.63, 3.8) is 0 Å². The molecule has 31 heavy (non-hydrogen) atoms. The maximum absolute atomic E-state index is 13.1. The highest BCUT2D eigenvalue weighted by atomic mass is 19.1. The molecule has 1 aromatic carbocycles. The van der Waals surface area contributed by atoms with E-state index in [1.54, 1.807) is 48.7 Å². The number of hydrogen-bond acceptors (Lipinski definition) is 5. The average molecular weight is 419 g/mol. The highest BCUT2D eigenvalue weighted by Gasteiger charge is 2.16. The van der Waals surface area contributed by atoms with Gasteiger partial charge in [0.25, 0.3) is 5.56 Å². The predicted molar refractivity (Wildman–Crippen MR) is 112 cm³/mol. The van der Waals surface area contributed by atoms with E-state index >= 15 is 0 Å². The number of nitrogens with zero attached hydrogens (tertiary/aromatic N) is 4. The van der Waals surface area contributed by atoms with Crippen molar-refractivity contribution in [1.82, 2.24) is 24.4 Å². The molecule has 9 heteroatoms. The van der Waals surface area contributed by atoms with E-state index in [1.807, 2.05) is 0 Å². The Balaban J connectivity index is 1.66. The summed E-state index contributed by atoms with van der Waals surface area (Å²) in [6.07, 6.45) is 3.03. The second-order valence-electron chi connectivity index (χ2n) is 6.86. The van der Waals surface area contributed by atoms with Crippen molar-refractivity contribution in [3.05, 3.63) is 105 Å². The summed E-state index contributed by atoms with van der Waals surface area (Å²) in [5.41, 5.74) is 0.427. The molecule has 0 saturated heterocycles. The molecule has 4 aromatic rings. The zero-order valence-electron chi connectivity index (χ0n) is 16.4. The van der Waals surface area contributed by atoms with Crippen LogP contribution < -0.4 is 16.6 Å². The Bertz CT molecular complexity index is 1350. The molecule has 0 aliphatic carbocycles. The van der Waals surface area contributed by atoms with E-state index in [0.29, 0.717) is 11.3 Å². The number of carbonyl (C=O) groups is 1. The Labute approximate surface area is 175 Å². The number of rotatable bonds is 6. The number of fused-ring (bicyclic) bond motifs is 1. The molecule has 1 N–H and O–H groups in total. The Hall–Kier alpha value is -4.14. The minimum atomic E-state index is -0.631. The maximum Gasteiger partial charge on any atom is 0.332 e. The van der Waals surface area contributed by atoms with Gasteiger partial charge in [0.2, 0.25) is 5.91 Å². The van der Waals surface area contributed by atoms with Crippen molar-refractivity contribution < 1.29 is 9.18 Å². The van der Waals surface area contributed by atoms with E-state index in [2.05, 4.69) is 15.3 Å². The molecule has 1 amide bonds. The highest BCUT2D eigenvalue weighted by Crippen LogP contribution is 2.06. The lowest BCUT2D eigenvalue weighted by atomic mass is 10.2. The van der Waals surface area contributed by atoms with E-state index in [9.17, 15) is 18.8 Å². The van der Waals surface area contributed by atoms with Gasteiger partial charge in [0.05, 0.1) is 17.8 Å². The number of pyridine rings is 2. The van der Waals surface area contributed by atoms with Crippen LogP contribution in [0, 0.1) is 5.82 Å². The first-order chi connectivity index (χ1) is 15.0. The minimum Gasteiger partial charge on any atom is -0.350 e. The summed E-state index contributed by atoms with van der Waals surface area (Å²) >= 11 is 0. The van der Waals surface area contributed by atoms with E-state index < -0.39 is 17.2 Å². The van der Waals surface area contributed by atoms with Crippen molar-refractivity contribution >= 4 is 16.9 Å². The van der Waals surface area contributed by atoms with Crippen molar-refractivity contribution in [2.75, 3.05) is 0 Å². The summed E-state index contributed by atoms with van der Waals surface area (Å²) < 4.78 is 15.3. The molecule has 0 aliphatic heterocycles. The molecule has 156 valence electrons. The van der Waals surface area contributed by atoms with Gasteiger partial charge in [-0.15, -0.1) is 0 Å². The number of benzene rings is 1. The fourth-order valence-electron chi connectivity index (χ4n) is 3.19. The van der Waals surface area contributed by atoms with Gasteiger partial charge in [0, 0.05) is 18.9 Å². The first kappa shape index (κ1) is 20.1. The van der Waals surface area contributed by atoms with Gasteiger partial charge in [-0.25, -0.2) is 14.2 Å². The number of nitrogens with one attached hydrogen (secondary N) is 1. The van der Waals surface area contributed by atoms with Crippen LogP contribution in [0.3, 0.4) is 0 Å². The molecule has 4 rings (SSSR count). The monoisotopic (exact) mass is 419 g/mol. The molecule has 0 saturated carbocycles. The number of hydrogen-bond donors (Lipinski definition) is 1. The second-order valence-corrected chi connectivity index (χ2v) is 6.86. The van der Waals surface area contributed by atoms with Crippen molar-refractivity contribution in [3.8, 4) is 0 Å². The van der Waals surface area contributed by atoms with Crippen LogP contribution in [0.2, 0.25) is 0 Å². The number of halogens is 1. The minimum absolute atomic E-state index is 0.0395. The van der Waals surface area contributed by atoms with Crippen LogP contribution in [0.5, 0.6) is 0 Å². The van der Waals surface area contributed by atoms with Crippen molar-refractivity contribution in [2.24, 2.45) is 0 Å². The van der Waals surface area contributed by atoms with Gasteiger partial charge in [-0.3, -0.25) is 23.7 Å². The Kier molecular flexibility index (Phi) is 5.65. The SMILES string of the molecule is O=C(Cn1c(=O)n(Cc2ccccn2)c(=O)c2ncccc21)NCc1ccc(F)cc1. The summed E-state index contributed by atoms with van der Waals surface area (Å²) in [6.45, 7) is -0.162. The number of aromatic nitrogens is 4. The molecule has 3 aromatic heterocycles. The molecule has 0 unspecified atom stereocenters. The lowest BCUT2D eigenvalue weighted by molar-refractivity contribution is -0.121. The normalized spacial score (nSPS) is 10.9. The van der Waals surface area contributed by atoms with Crippen LogP contribution in [0.15, 0.2) is 76.6 Å². The zero-order valence-corrected chi connectivity index (χ0v) is 16.4. The summed E-state index contributed by atoms with van der Waals surface area (Å²) in [5.74, 6) is -0.796. The fraction of sp³-hybridized carbons (Fsp3) is 0.136. The standard InChI is InChI=1S/C22H18FN5O3/c23-16-8-6-15(7-9-16)12-26-19(29)14-27-18-5-3-11-25-20(18)21(30)28(22(27)31)13-17-4-1-2-10-24-17/h1-11H,12-14H2,(H,26,29). The second kappa shape index (κ2) is 8.70. The predicted octanol–water partition coefficient (Wildman–Crippen LogP) is 1.46. The van der Waals surface area contributed by atoms with Gasteiger partial charge in [-0.1, -0.05) is 18.2 Å². The smallest absolute Gasteiger partial charge is 0.332 e. The summed E-state index contributed by atoms with van der Waals surface area (Å²) in [4.78, 5) is 46.8. The van der Waals surface area contributed by atoms with Crippen LogP contribution in [0.25, 0.3) is 11.0 Å². The van der Waals surface area contributed by atoms with Crippen LogP contribution in [0.4, 0.5) is 4.39 Å². The summed E-state index contributed by atoms with van der Waals surface area (Å²) in [5, 5.41) is 2.70. The topological polar surface area (TPSA) is 98.9 Å². The Morgan fingerprint density at radius 2 is 1.71 bits per heavy atom. The number of carbonyl (C=O) groups excluding carboxylic acids is 1. The fourth-order valence-corrected chi connectivity index (χ4v) is 3.19. The molecule has 3 heterocycles. The molecular weight excluding hydrogens is 401 g/mol. The van der Waals surface area contributed by atoms with Crippen LogP contribution in [-0.2, 0) is 24.4 Å². The molecule has 0 spiro atoms. The van der Waals surface area contributed by atoms with Gasteiger partial charge in [0.1, 0.15) is 12.4 Å². The third-order valence-corrected chi connectivity index (χ3v) is 4.74. The molecule has 0 fully saturated rings. The van der Waals surface area contributed by atoms with E-state index in [4.69, 9.17) is 0 Å². The maximum atomic E-state index is 13.1. The van der Waals surface area contributed by atoms with E-state index in [0.717, 1.165) is 4.57 Å². The molecule has 8 nitrogen and oxygen atoms in total. The van der Waals surface area contributed by atoms with Crippen molar-refractivity contribution in [1.29, 1.82) is 0 Å². The van der Waals surface area contributed by atoms with Gasteiger partial charge >= 0.3 is 5.69 Å². The Morgan fingerprint density at radius 3 is 2.45 bits per heavy atom. The van der Waals surface area contributed by atoms with Crippen molar-refractivity contribution in [2.45, 2.75) is 19.6 Å². The molecule has 0 bridgehead atoms. The van der Waals surface area contributed by atoms with Crippen LogP contribution in [0.1, 0.15) is 11.3 Å². The Morgan fingerprint density at radius 1 is 0.935 bits per heavy atom. The largest absolute Gasteiger partial charge is 0.350 e. The van der Waals surface area contributed by atoms with Gasteiger partial charge in [0.15, 0.2) is 5.52 Å². The highest BCUT2D eigenvalue weighted by molar-refractivity contribution is 5.79. The zero-order chi connectivity index (χ0) is 21.8. The first-order valence-corrected chi connectivity index (χ1v) is 9.52. The molecule has 0 atom stereocenters. The third-order valence-electron chi connectivity index (χ3n) is 4.74.